The summed E-state index contributed by atoms with van der Waals surface area (Å²) < 4.78 is 0. The summed E-state index contributed by atoms with van der Waals surface area (Å²) >= 11 is 12.5. The van der Waals surface area contributed by atoms with Crippen molar-refractivity contribution in [3.8, 4) is 0 Å². The van der Waals surface area contributed by atoms with Gasteiger partial charge in [0.15, 0.2) is 5.65 Å². The summed E-state index contributed by atoms with van der Waals surface area (Å²) in [5.41, 5.74) is 11.3. The van der Waals surface area contributed by atoms with Gasteiger partial charge in [-0.15, -0.1) is 0 Å². The van der Waals surface area contributed by atoms with Gasteiger partial charge in [-0.1, -0.05) is 47.5 Å². The SMILES string of the molecule is Nc1nc(CC2Cc3ccccc3N(CCc3ccc(Cl)cc3Cl)C2)c2cn[nH]c2n1. The standard InChI is InChI=1S/C23H22Cl2N6/c24-17-6-5-15(19(25)11-17)7-8-31-13-14(9-16-3-1-2-4-21(16)31)10-20-18-12-27-30-22(18)29-23(26)28-20/h1-6,11-12,14H,7-10,13H2,(H3,26,27,28,29,30). The summed E-state index contributed by atoms with van der Waals surface area (Å²) in [6, 6.07) is 14.3. The highest BCUT2D eigenvalue weighted by Crippen LogP contribution is 2.32. The summed E-state index contributed by atoms with van der Waals surface area (Å²) in [6.45, 7) is 1.81. The Morgan fingerprint density at radius 1 is 1.13 bits per heavy atom. The lowest BCUT2D eigenvalue weighted by Crippen LogP contribution is -2.37. The molecule has 0 amide bonds. The molecule has 0 saturated heterocycles. The molecule has 3 N–H and O–H groups in total. The molecule has 158 valence electrons. The molecule has 1 unspecified atom stereocenters. The summed E-state index contributed by atoms with van der Waals surface area (Å²) in [7, 11) is 0. The van der Waals surface area contributed by atoms with Crippen LogP contribution in [0.4, 0.5) is 11.6 Å². The van der Waals surface area contributed by atoms with E-state index in [-0.39, 0.29) is 5.95 Å². The van der Waals surface area contributed by atoms with E-state index in [1.807, 2.05) is 12.1 Å². The number of hydrogen-bond acceptors (Lipinski definition) is 5. The maximum absolute atomic E-state index is 6.41. The van der Waals surface area contributed by atoms with E-state index < -0.39 is 0 Å². The number of nitrogen functional groups attached to an aromatic ring is 1. The van der Waals surface area contributed by atoms with Crippen LogP contribution in [0.15, 0.2) is 48.7 Å². The second-order valence-corrected chi connectivity index (χ2v) is 8.84. The maximum atomic E-state index is 6.41. The Balaban J connectivity index is 1.39. The fourth-order valence-electron chi connectivity index (χ4n) is 4.45. The molecule has 4 aromatic rings. The van der Waals surface area contributed by atoms with E-state index >= 15 is 0 Å². The lowest BCUT2D eigenvalue weighted by molar-refractivity contribution is 0.483. The van der Waals surface area contributed by atoms with Crippen molar-refractivity contribution in [2.75, 3.05) is 23.7 Å². The molecule has 2 aromatic heterocycles. The predicted molar refractivity (Wildman–Crippen MR) is 126 cm³/mol. The van der Waals surface area contributed by atoms with Crippen LogP contribution >= 0.6 is 23.2 Å². The van der Waals surface area contributed by atoms with Crippen molar-refractivity contribution in [3.05, 3.63) is 75.5 Å². The number of nitrogens with one attached hydrogen (secondary N) is 1. The summed E-state index contributed by atoms with van der Waals surface area (Å²) in [4.78, 5) is 11.2. The monoisotopic (exact) mass is 452 g/mol. The Bertz CT molecular complexity index is 1240. The summed E-state index contributed by atoms with van der Waals surface area (Å²) in [5, 5.41) is 9.32. The molecule has 3 heterocycles. The molecular formula is C23H22Cl2N6. The van der Waals surface area contributed by atoms with Gasteiger partial charge in [0.1, 0.15) is 0 Å². The second-order valence-electron chi connectivity index (χ2n) is 8.00. The maximum Gasteiger partial charge on any atom is 0.222 e. The highest BCUT2D eigenvalue weighted by molar-refractivity contribution is 6.35. The molecule has 0 bridgehead atoms. The second kappa shape index (κ2) is 8.36. The molecule has 0 fully saturated rings. The molecule has 0 aliphatic carbocycles. The highest BCUT2D eigenvalue weighted by Gasteiger charge is 2.26. The van der Waals surface area contributed by atoms with Crippen LogP contribution in [-0.2, 0) is 19.3 Å². The van der Waals surface area contributed by atoms with Crippen molar-refractivity contribution < 1.29 is 0 Å². The number of hydrogen-bond donors (Lipinski definition) is 2. The number of halogens is 2. The van der Waals surface area contributed by atoms with Gasteiger partial charge in [-0.2, -0.15) is 10.1 Å². The number of nitrogens with zero attached hydrogens (tertiary/aromatic N) is 4. The molecule has 1 atom stereocenters. The van der Waals surface area contributed by atoms with Crippen LogP contribution in [0.3, 0.4) is 0 Å². The molecular weight excluding hydrogens is 431 g/mol. The minimum absolute atomic E-state index is 0.275. The Labute approximate surface area is 190 Å². The first-order valence-electron chi connectivity index (χ1n) is 10.3. The molecule has 6 nitrogen and oxygen atoms in total. The molecule has 0 radical (unpaired) electrons. The van der Waals surface area contributed by atoms with Gasteiger partial charge in [-0.3, -0.25) is 5.10 Å². The first-order valence-corrected chi connectivity index (χ1v) is 11.0. The van der Waals surface area contributed by atoms with Crippen LogP contribution in [0.25, 0.3) is 11.0 Å². The molecule has 8 heteroatoms. The number of benzene rings is 2. The largest absolute Gasteiger partial charge is 0.371 e. The van der Waals surface area contributed by atoms with Crippen LogP contribution in [0.5, 0.6) is 0 Å². The normalized spacial score (nSPS) is 15.9. The van der Waals surface area contributed by atoms with Gasteiger partial charge in [0.05, 0.1) is 17.3 Å². The number of fused-ring (bicyclic) bond motifs is 2. The lowest BCUT2D eigenvalue weighted by atomic mass is 9.88. The van der Waals surface area contributed by atoms with Crippen molar-refractivity contribution in [1.82, 2.24) is 20.2 Å². The zero-order valence-electron chi connectivity index (χ0n) is 16.9. The van der Waals surface area contributed by atoms with Crippen LogP contribution in [0.1, 0.15) is 16.8 Å². The van der Waals surface area contributed by atoms with Crippen molar-refractivity contribution >= 4 is 45.9 Å². The van der Waals surface area contributed by atoms with Crippen molar-refractivity contribution in [1.29, 1.82) is 0 Å². The van der Waals surface area contributed by atoms with E-state index in [0.717, 1.165) is 49.0 Å². The summed E-state index contributed by atoms with van der Waals surface area (Å²) in [6.07, 6.45) is 4.44. The van der Waals surface area contributed by atoms with E-state index in [2.05, 4.69) is 49.3 Å². The number of aromatic amines is 1. The Kier molecular flexibility index (Phi) is 5.42. The molecule has 0 saturated carbocycles. The number of anilines is 2. The Hall–Kier alpha value is -2.83. The lowest BCUT2D eigenvalue weighted by Gasteiger charge is -2.36. The van der Waals surface area contributed by atoms with E-state index in [4.69, 9.17) is 28.9 Å². The molecule has 5 rings (SSSR count). The van der Waals surface area contributed by atoms with Crippen molar-refractivity contribution in [2.24, 2.45) is 5.92 Å². The fraction of sp³-hybridized carbons (Fsp3) is 0.261. The van der Waals surface area contributed by atoms with Gasteiger partial charge in [0.25, 0.3) is 0 Å². The minimum atomic E-state index is 0.275. The van der Waals surface area contributed by atoms with Crippen LogP contribution < -0.4 is 10.6 Å². The number of para-hydroxylation sites is 1. The van der Waals surface area contributed by atoms with Crippen LogP contribution in [0.2, 0.25) is 10.0 Å². The molecule has 1 aliphatic rings. The Morgan fingerprint density at radius 3 is 2.87 bits per heavy atom. The first-order chi connectivity index (χ1) is 15.1. The third-order valence-corrected chi connectivity index (χ3v) is 6.46. The van der Waals surface area contributed by atoms with Gasteiger partial charge in [-0.05, 0) is 54.5 Å². The first kappa shape index (κ1) is 20.1. The zero-order valence-corrected chi connectivity index (χ0v) is 18.4. The smallest absolute Gasteiger partial charge is 0.222 e. The van der Waals surface area contributed by atoms with E-state index in [0.29, 0.717) is 21.6 Å². The van der Waals surface area contributed by atoms with Gasteiger partial charge < -0.3 is 10.6 Å². The molecule has 1 aliphatic heterocycles. The van der Waals surface area contributed by atoms with E-state index in [1.54, 1.807) is 12.3 Å². The van der Waals surface area contributed by atoms with Gasteiger partial charge in [-0.25, -0.2) is 4.98 Å². The third kappa shape index (κ3) is 4.18. The Morgan fingerprint density at radius 2 is 2.00 bits per heavy atom. The van der Waals surface area contributed by atoms with Crippen LogP contribution in [-0.4, -0.2) is 33.3 Å². The van der Waals surface area contributed by atoms with E-state index in [9.17, 15) is 0 Å². The minimum Gasteiger partial charge on any atom is -0.371 e. The van der Waals surface area contributed by atoms with Gasteiger partial charge in [0, 0.05) is 28.8 Å². The summed E-state index contributed by atoms with van der Waals surface area (Å²) in [5.74, 6) is 0.681. The van der Waals surface area contributed by atoms with E-state index in [1.165, 1.54) is 11.3 Å². The van der Waals surface area contributed by atoms with Gasteiger partial charge in [0.2, 0.25) is 5.95 Å². The molecule has 0 spiro atoms. The third-order valence-electron chi connectivity index (χ3n) is 5.87. The molecule has 31 heavy (non-hydrogen) atoms. The zero-order chi connectivity index (χ0) is 21.4. The van der Waals surface area contributed by atoms with Crippen molar-refractivity contribution in [3.63, 3.8) is 0 Å². The van der Waals surface area contributed by atoms with Crippen LogP contribution in [0, 0.1) is 5.92 Å². The fourth-order valence-corrected chi connectivity index (χ4v) is 4.95. The average Bonchev–Trinajstić information content (AvgIpc) is 3.21. The topological polar surface area (TPSA) is 83.7 Å². The number of nitrogens with two attached hydrogens (primary N) is 1. The highest BCUT2D eigenvalue weighted by atomic mass is 35.5. The van der Waals surface area contributed by atoms with Gasteiger partial charge >= 0.3 is 0 Å². The van der Waals surface area contributed by atoms with Crippen molar-refractivity contribution in [2.45, 2.75) is 19.3 Å². The number of rotatable bonds is 5. The molecule has 2 aromatic carbocycles. The predicted octanol–water partition coefficient (Wildman–Crippen LogP) is 4.71. The average molecular weight is 453 g/mol. The number of H-pyrrole nitrogens is 1. The quantitative estimate of drug-likeness (QED) is 0.458. The number of aromatic nitrogens is 4.